The molecule has 4 atom stereocenters. The number of urea groups is 1. The van der Waals surface area contributed by atoms with Crippen molar-refractivity contribution in [3.8, 4) is 22.5 Å². The van der Waals surface area contributed by atoms with Gasteiger partial charge in [0.15, 0.2) is 0 Å². The summed E-state index contributed by atoms with van der Waals surface area (Å²) in [6.45, 7) is 15.5. The second-order valence-electron chi connectivity index (χ2n) is 18.9. The third-order valence-electron chi connectivity index (χ3n) is 12.6. The topological polar surface area (TPSA) is 154 Å². The van der Waals surface area contributed by atoms with Gasteiger partial charge in [0.2, 0.25) is 5.91 Å². The van der Waals surface area contributed by atoms with Gasteiger partial charge in [-0.05, 0) is 83.0 Å². The third kappa shape index (κ3) is 12.6. The van der Waals surface area contributed by atoms with E-state index in [1.165, 1.54) is 21.2 Å². The minimum atomic E-state index is -1.03. The van der Waals surface area contributed by atoms with Crippen molar-refractivity contribution >= 4 is 100 Å². The van der Waals surface area contributed by atoms with Crippen molar-refractivity contribution in [1.82, 2.24) is 45.0 Å². The molecule has 67 heavy (non-hydrogen) atoms. The van der Waals surface area contributed by atoms with Crippen LogP contribution < -0.4 is 10.7 Å². The number of likely N-dealkylation sites (N-methyl/N-ethyl adjacent to an activating group) is 1. The summed E-state index contributed by atoms with van der Waals surface area (Å²) in [6, 6.07) is 7.63. The number of hydrazine groups is 1. The van der Waals surface area contributed by atoms with Crippen LogP contribution in [-0.2, 0) is 43.2 Å². The van der Waals surface area contributed by atoms with Gasteiger partial charge in [-0.25, -0.2) is 15.2 Å². The summed E-state index contributed by atoms with van der Waals surface area (Å²) < 4.78 is 14.2. The molecule has 0 saturated carbocycles. The highest BCUT2D eigenvalue weighted by molar-refractivity contribution is 7.59. The van der Waals surface area contributed by atoms with E-state index in [1.807, 2.05) is 46.3 Å². The Kier molecular flexibility index (Phi) is 21.0. The lowest BCUT2D eigenvalue weighted by atomic mass is 9.84. The van der Waals surface area contributed by atoms with Gasteiger partial charge in [-0.15, -0.1) is 11.3 Å². The number of carbonyl (C=O) groups excluding carboxylic acids is 4. The number of aromatic nitrogens is 3. The summed E-state index contributed by atoms with van der Waals surface area (Å²) in [5.41, 5.74) is 9.40. The molecule has 6 bridgehead atoms. The fraction of sp³-hybridized carbons (Fsp3) is 0.574. The Hall–Kier alpha value is -3.50. The first-order chi connectivity index (χ1) is 30.0. The van der Waals surface area contributed by atoms with E-state index in [2.05, 4.69) is 65.2 Å². The van der Waals surface area contributed by atoms with Gasteiger partial charge >= 0.3 is 12.0 Å². The van der Waals surface area contributed by atoms with E-state index in [4.69, 9.17) is 19.4 Å². The normalized spacial score (nSPS) is 19.4. The van der Waals surface area contributed by atoms with Gasteiger partial charge in [0, 0.05) is 98.2 Å². The van der Waals surface area contributed by atoms with Crippen molar-refractivity contribution in [2.75, 3.05) is 61.0 Å². The Bertz CT molecular complexity index is 2330. The minimum absolute atomic E-state index is 0. The molecule has 2 saturated heterocycles. The SMILES string of the molecule is CCn1c(-c2cccnc2[C@H](C)OC)c2c3cc(ccc31)-c1csc(n1)C[C@H](NC(=O)[C@H](C(C)C)N(C)C(=O)N1CC(CN(C)C)C1)C(=O)N1CCC[C@H](N1)C(=O)OCC(C)(C)C2.S.S.S.S. The number of aryl methyl sites for hydroxylation is 1. The molecule has 7 rings (SSSR count). The van der Waals surface area contributed by atoms with Crippen molar-refractivity contribution in [3.05, 3.63) is 58.2 Å². The van der Waals surface area contributed by atoms with Crippen molar-refractivity contribution in [1.29, 1.82) is 0 Å². The number of nitrogens with one attached hydrogen (secondary N) is 2. The van der Waals surface area contributed by atoms with Gasteiger partial charge in [-0.1, -0.05) is 33.8 Å². The number of rotatable bonds is 10. The molecule has 372 valence electrons. The fourth-order valence-electron chi connectivity index (χ4n) is 9.45. The fourth-order valence-corrected chi connectivity index (χ4v) is 10.3. The molecule has 3 aliphatic heterocycles. The zero-order valence-electron chi connectivity index (χ0n) is 40.6. The van der Waals surface area contributed by atoms with E-state index in [9.17, 15) is 19.2 Å². The number of esters is 1. The molecule has 15 nitrogen and oxygen atoms in total. The first-order valence-electron chi connectivity index (χ1n) is 22.3. The molecule has 6 heterocycles. The van der Waals surface area contributed by atoms with Crippen LogP contribution in [0, 0.1) is 17.3 Å². The predicted octanol–water partition coefficient (Wildman–Crippen LogP) is 6.22. The molecule has 4 aromatic rings. The summed E-state index contributed by atoms with van der Waals surface area (Å²) in [7, 11) is 7.38. The van der Waals surface area contributed by atoms with Crippen LogP contribution >= 0.6 is 65.3 Å². The molecule has 2 N–H and O–H groups in total. The first kappa shape index (κ1) is 57.8. The Labute approximate surface area is 428 Å². The maximum atomic E-state index is 14.6. The third-order valence-corrected chi connectivity index (χ3v) is 13.5. The van der Waals surface area contributed by atoms with Crippen molar-refractivity contribution in [2.45, 2.75) is 98.0 Å². The van der Waals surface area contributed by atoms with Crippen LogP contribution in [0.4, 0.5) is 4.79 Å². The number of hydrogen-bond acceptors (Lipinski definition) is 11. The van der Waals surface area contributed by atoms with Crippen molar-refractivity contribution in [2.24, 2.45) is 17.3 Å². The average molecular weight is 1020 g/mol. The second-order valence-corrected chi connectivity index (χ2v) is 19.8. The van der Waals surface area contributed by atoms with E-state index in [-0.39, 0.29) is 91.0 Å². The molecule has 0 unspecified atom stereocenters. The van der Waals surface area contributed by atoms with Gasteiger partial charge < -0.3 is 34.1 Å². The Morgan fingerprint density at radius 1 is 1.07 bits per heavy atom. The zero-order chi connectivity index (χ0) is 45.3. The summed E-state index contributed by atoms with van der Waals surface area (Å²) in [5, 5.41) is 8.22. The molecule has 3 aromatic heterocycles. The largest absolute Gasteiger partial charge is 0.464 e. The molecule has 20 heteroatoms. The van der Waals surface area contributed by atoms with Gasteiger partial charge in [0.25, 0.3) is 5.91 Å². The molecular weight excluding hydrogens is 947 g/mol. The monoisotopic (exact) mass is 1020 g/mol. The van der Waals surface area contributed by atoms with E-state index in [0.29, 0.717) is 56.4 Å². The average Bonchev–Trinajstić information content (AvgIpc) is 3.84. The number of pyridine rings is 1. The Morgan fingerprint density at radius 2 is 1.79 bits per heavy atom. The van der Waals surface area contributed by atoms with E-state index in [1.54, 1.807) is 25.3 Å². The van der Waals surface area contributed by atoms with Gasteiger partial charge in [-0.2, -0.15) is 54.0 Å². The number of fused-ring (bicyclic) bond motifs is 6. The smallest absolute Gasteiger partial charge is 0.324 e. The number of hydrogen-bond donors (Lipinski definition) is 2. The zero-order valence-corrected chi connectivity index (χ0v) is 45.4. The van der Waals surface area contributed by atoms with Crippen LogP contribution in [-0.4, -0.2) is 137 Å². The van der Waals surface area contributed by atoms with Crippen LogP contribution in [0.2, 0.25) is 0 Å². The van der Waals surface area contributed by atoms with Crippen LogP contribution in [0.15, 0.2) is 41.9 Å². The van der Waals surface area contributed by atoms with E-state index < -0.39 is 35.4 Å². The van der Waals surface area contributed by atoms with E-state index in [0.717, 1.165) is 51.2 Å². The van der Waals surface area contributed by atoms with Crippen LogP contribution in [0.3, 0.4) is 0 Å². The lowest BCUT2D eigenvalue weighted by Gasteiger charge is -2.44. The summed E-state index contributed by atoms with van der Waals surface area (Å²) in [5.74, 6) is -1.12. The highest BCUT2D eigenvalue weighted by atomic mass is 32.1. The quantitative estimate of drug-likeness (QED) is 0.175. The number of benzene rings is 1. The molecule has 0 radical (unpaired) electrons. The second kappa shape index (κ2) is 24.4. The summed E-state index contributed by atoms with van der Waals surface area (Å²) in [4.78, 5) is 71.8. The molecule has 4 amide bonds. The van der Waals surface area contributed by atoms with Crippen molar-refractivity contribution in [3.63, 3.8) is 0 Å². The van der Waals surface area contributed by atoms with Gasteiger partial charge in [0.05, 0.1) is 34.8 Å². The maximum Gasteiger partial charge on any atom is 0.324 e. The van der Waals surface area contributed by atoms with Crippen LogP contribution in [0.25, 0.3) is 33.4 Å². The highest BCUT2D eigenvalue weighted by Gasteiger charge is 2.40. The number of carbonyl (C=O) groups is 4. The van der Waals surface area contributed by atoms with Crippen molar-refractivity contribution < 1.29 is 28.7 Å². The summed E-state index contributed by atoms with van der Waals surface area (Å²) in [6.07, 6.45) is 3.31. The number of nitrogens with zero attached hydrogens (tertiary/aromatic N) is 7. The number of ether oxygens (including phenoxy) is 2. The predicted molar refractivity (Wildman–Crippen MR) is 286 cm³/mol. The highest BCUT2D eigenvalue weighted by Crippen LogP contribution is 2.42. The van der Waals surface area contributed by atoms with Crippen LogP contribution in [0.1, 0.15) is 76.8 Å². The molecule has 3 aliphatic rings. The lowest BCUT2D eigenvalue weighted by Crippen LogP contribution is -2.63. The molecule has 2 fully saturated rings. The number of likely N-dealkylation sites (tertiary alicyclic amines) is 1. The molecular formula is C47H73N9O6S5. The molecule has 0 spiro atoms. The Morgan fingerprint density at radius 3 is 2.45 bits per heavy atom. The lowest BCUT2D eigenvalue weighted by molar-refractivity contribution is -0.155. The van der Waals surface area contributed by atoms with Gasteiger partial charge in [-0.3, -0.25) is 24.4 Å². The number of methoxy groups -OCH3 is 1. The molecule has 0 aliphatic carbocycles. The maximum absolute atomic E-state index is 14.6. The number of amides is 4. The minimum Gasteiger partial charge on any atom is -0.464 e. The summed E-state index contributed by atoms with van der Waals surface area (Å²) >= 11 is 1.43. The number of cyclic esters (lactones) is 1. The van der Waals surface area contributed by atoms with E-state index >= 15 is 0 Å². The van der Waals surface area contributed by atoms with Gasteiger partial charge in [0.1, 0.15) is 18.1 Å². The standard InChI is InChI=1S/C47H65N9O6S.4H2S/c1-11-55-38-17-16-31-20-33(38)34(42(55)32-14-12-18-48-40(32)29(4)61-10)22-47(5,6)27-62-45(59)35-15-13-19-56(51-35)44(58)36(21-39-49-37(31)26-63-39)50-43(57)41(28(2)3)53(9)46(60)54-24-30(25-54)23-52(7)8;;;;/h12,14,16-18,20,26,28-30,35-36,41,51H,11,13,15,19,21-25,27H2,1-10H3,(H,50,57);4*1H2/t29-,35-,36-,41-;;;;/m0..../s1. The Balaban J connectivity index is 0.00000298. The first-order valence-corrected chi connectivity index (χ1v) is 23.2. The molecule has 1 aromatic carbocycles. The van der Waals surface area contributed by atoms with Crippen LogP contribution in [0.5, 0.6) is 0 Å². The number of thiazole rings is 1.